The van der Waals surface area contributed by atoms with Gasteiger partial charge in [-0.05, 0) is 35.8 Å². The zero-order valence-corrected chi connectivity index (χ0v) is 23.2. The molecule has 9 nitrogen and oxygen atoms in total. The van der Waals surface area contributed by atoms with Crippen LogP contribution in [0.1, 0.15) is 51.7 Å². The normalized spacial score (nSPS) is 14.9. The van der Waals surface area contributed by atoms with Crippen LogP contribution < -0.4 is 21.7 Å². The fourth-order valence-corrected chi connectivity index (χ4v) is 4.21. The molecule has 212 valence electrons. The lowest BCUT2D eigenvalue weighted by atomic mass is 9.96. The Kier molecular flexibility index (Phi) is 12.6. The summed E-state index contributed by atoms with van der Waals surface area (Å²) in [5, 5.41) is 17.9. The van der Waals surface area contributed by atoms with Crippen molar-refractivity contribution in [3.05, 3.63) is 71.8 Å². The van der Waals surface area contributed by atoms with Crippen molar-refractivity contribution in [1.82, 2.24) is 16.0 Å². The van der Waals surface area contributed by atoms with E-state index in [1.165, 1.54) is 0 Å². The fourth-order valence-electron chi connectivity index (χ4n) is 4.21. The quantitative estimate of drug-likeness (QED) is 0.235. The van der Waals surface area contributed by atoms with Crippen LogP contribution in [0, 0.1) is 11.8 Å². The summed E-state index contributed by atoms with van der Waals surface area (Å²) in [5.41, 5.74) is 7.80. The van der Waals surface area contributed by atoms with Gasteiger partial charge in [0.25, 0.3) is 0 Å². The minimum atomic E-state index is -1.17. The van der Waals surface area contributed by atoms with Crippen molar-refractivity contribution in [3.63, 3.8) is 0 Å². The van der Waals surface area contributed by atoms with Crippen molar-refractivity contribution in [3.8, 4) is 0 Å². The molecule has 9 heteroatoms. The minimum Gasteiger partial charge on any atom is -0.480 e. The van der Waals surface area contributed by atoms with E-state index in [4.69, 9.17) is 5.73 Å². The van der Waals surface area contributed by atoms with Gasteiger partial charge in [0, 0.05) is 6.42 Å². The van der Waals surface area contributed by atoms with Crippen LogP contribution in [0.2, 0.25) is 0 Å². The number of carbonyl (C=O) groups is 4. The Bertz CT molecular complexity index is 1080. The molecule has 0 radical (unpaired) electrons. The third-order valence-electron chi connectivity index (χ3n) is 6.67. The van der Waals surface area contributed by atoms with Gasteiger partial charge < -0.3 is 26.8 Å². The lowest BCUT2D eigenvalue weighted by molar-refractivity contribution is -0.142. The first kappa shape index (κ1) is 31.5. The van der Waals surface area contributed by atoms with Crippen molar-refractivity contribution in [2.75, 3.05) is 0 Å². The third kappa shape index (κ3) is 10.5. The summed E-state index contributed by atoms with van der Waals surface area (Å²) in [6.07, 6.45) is 1.33. The van der Waals surface area contributed by atoms with Gasteiger partial charge in [0.2, 0.25) is 17.7 Å². The molecule has 39 heavy (non-hydrogen) atoms. The van der Waals surface area contributed by atoms with E-state index in [1.807, 2.05) is 64.1 Å². The van der Waals surface area contributed by atoms with Crippen molar-refractivity contribution >= 4 is 23.7 Å². The van der Waals surface area contributed by atoms with E-state index < -0.39 is 47.9 Å². The van der Waals surface area contributed by atoms with E-state index in [0.29, 0.717) is 19.3 Å². The second kappa shape index (κ2) is 15.6. The number of nitrogens with two attached hydrogens (primary N) is 1. The van der Waals surface area contributed by atoms with Gasteiger partial charge in [0.1, 0.15) is 18.1 Å². The van der Waals surface area contributed by atoms with Gasteiger partial charge in [-0.15, -0.1) is 0 Å². The molecule has 5 atom stereocenters. The number of carbonyl (C=O) groups excluding carboxylic acids is 3. The maximum absolute atomic E-state index is 13.4. The molecule has 0 saturated carbocycles. The first-order chi connectivity index (χ1) is 18.5. The molecule has 2 aromatic carbocycles. The van der Waals surface area contributed by atoms with Crippen LogP contribution in [0.15, 0.2) is 60.7 Å². The minimum absolute atomic E-state index is 0.0736. The average molecular weight is 539 g/mol. The zero-order valence-electron chi connectivity index (χ0n) is 23.2. The molecule has 3 amide bonds. The summed E-state index contributed by atoms with van der Waals surface area (Å²) in [6, 6.07) is 14.5. The Morgan fingerprint density at radius 3 is 1.74 bits per heavy atom. The van der Waals surface area contributed by atoms with Crippen molar-refractivity contribution in [2.45, 2.75) is 77.5 Å². The highest BCUT2D eigenvalue weighted by molar-refractivity contribution is 5.94. The molecule has 0 aromatic heterocycles. The van der Waals surface area contributed by atoms with Gasteiger partial charge in [0.05, 0.1) is 6.04 Å². The predicted molar refractivity (Wildman–Crippen MR) is 151 cm³/mol. The van der Waals surface area contributed by atoms with Crippen LogP contribution in [0.3, 0.4) is 0 Å². The molecule has 2 rings (SSSR count). The van der Waals surface area contributed by atoms with Gasteiger partial charge in [0.15, 0.2) is 0 Å². The number of carboxylic acid groups (broad SMARTS) is 1. The number of nitrogens with one attached hydrogen (secondary N) is 3. The summed E-state index contributed by atoms with van der Waals surface area (Å²) in [6.45, 7) is 7.54. The number of carboxylic acids is 1. The fraction of sp³-hybridized carbons (Fsp3) is 0.467. The second-order valence-electron chi connectivity index (χ2n) is 10.4. The standard InChI is InChI=1S/C30H42N4O5/c1-5-20(4)26(29(37)33-25(30(38)39)18-22-14-10-7-11-15-22)34-28(36)24(16-19(2)3)32-27(35)23(31)17-21-12-8-6-9-13-21/h6-15,19-20,23-26H,5,16-18,31H2,1-4H3,(H,32,35)(H,33,37)(H,34,36)(H,38,39). The molecule has 0 heterocycles. The Labute approximate surface area is 230 Å². The van der Waals surface area contributed by atoms with Gasteiger partial charge in [-0.3, -0.25) is 14.4 Å². The second-order valence-corrected chi connectivity index (χ2v) is 10.4. The highest BCUT2D eigenvalue weighted by Gasteiger charge is 2.33. The molecule has 5 unspecified atom stereocenters. The number of benzene rings is 2. The van der Waals surface area contributed by atoms with Crippen molar-refractivity contribution in [1.29, 1.82) is 0 Å². The Hall–Kier alpha value is -3.72. The van der Waals surface area contributed by atoms with Crippen molar-refractivity contribution in [2.24, 2.45) is 17.6 Å². The number of amides is 3. The van der Waals surface area contributed by atoms with E-state index in [0.717, 1.165) is 11.1 Å². The van der Waals surface area contributed by atoms with Gasteiger partial charge >= 0.3 is 5.97 Å². The number of hydrogen-bond donors (Lipinski definition) is 5. The molecule has 0 aliphatic rings. The maximum atomic E-state index is 13.4. The molecule has 0 bridgehead atoms. The number of hydrogen-bond acceptors (Lipinski definition) is 5. The van der Waals surface area contributed by atoms with Gasteiger partial charge in [-0.1, -0.05) is 94.8 Å². The van der Waals surface area contributed by atoms with Crippen LogP contribution in [-0.2, 0) is 32.0 Å². The zero-order chi connectivity index (χ0) is 28.9. The Morgan fingerprint density at radius 2 is 1.26 bits per heavy atom. The number of aliphatic carboxylic acids is 1. The van der Waals surface area contributed by atoms with Gasteiger partial charge in [-0.25, -0.2) is 4.79 Å². The van der Waals surface area contributed by atoms with Gasteiger partial charge in [-0.2, -0.15) is 0 Å². The van der Waals surface area contributed by atoms with E-state index in [-0.39, 0.29) is 18.3 Å². The van der Waals surface area contributed by atoms with E-state index in [2.05, 4.69) is 16.0 Å². The average Bonchev–Trinajstić information content (AvgIpc) is 2.91. The molecule has 0 saturated heterocycles. The Morgan fingerprint density at radius 1 is 0.744 bits per heavy atom. The number of rotatable bonds is 15. The molecular weight excluding hydrogens is 496 g/mol. The monoisotopic (exact) mass is 538 g/mol. The first-order valence-electron chi connectivity index (χ1n) is 13.5. The predicted octanol–water partition coefficient (Wildman–Crippen LogP) is 2.43. The third-order valence-corrected chi connectivity index (χ3v) is 6.67. The van der Waals surface area contributed by atoms with Crippen LogP contribution >= 0.6 is 0 Å². The highest BCUT2D eigenvalue weighted by Crippen LogP contribution is 2.13. The lowest BCUT2D eigenvalue weighted by Gasteiger charge is -2.28. The van der Waals surface area contributed by atoms with Crippen LogP contribution in [0.4, 0.5) is 0 Å². The summed E-state index contributed by atoms with van der Waals surface area (Å²) in [4.78, 5) is 51.4. The maximum Gasteiger partial charge on any atom is 0.326 e. The van der Waals surface area contributed by atoms with E-state index >= 15 is 0 Å². The first-order valence-corrected chi connectivity index (χ1v) is 13.5. The molecule has 0 aliphatic heterocycles. The molecule has 2 aromatic rings. The summed E-state index contributed by atoms with van der Waals surface area (Å²) < 4.78 is 0. The lowest BCUT2D eigenvalue weighted by Crippen LogP contribution is -2.59. The highest BCUT2D eigenvalue weighted by atomic mass is 16.4. The summed E-state index contributed by atoms with van der Waals surface area (Å²) >= 11 is 0. The topological polar surface area (TPSA) is 151 Å². The van der Waals surface area contributed by atoms with Crippen LogP contribution in [0.25, 0.3) is 0 Å². The van der Waals surface area contributed by atoms with Crippen LogP contribution in [-0.4, -0.2) is 53.0 Å². The summed E-state index contributed by atoms with van der Waals surface area (Å²) in [7, 11) is 0. The smallest absolute Gasteiger partial charge is 0.326 e. The Balaban J connectivity index is 2.13. The SMILES string of the molecule is CCC(C)C(NC(=O)C(CC(C)C)NC(=O)C(N)Cc1ccccc1)C(=O)NC(Cc1ccccc1)C(=O)O. The molecule has 0 aliphatic carbocycles. The molecule has 0 fully saturated rings. The van der Waals surface area contributed by atoms with E-state index in [1.54, 1.807) is 24.3 Å². The van der Waals surface area contributed by atoms with Crippen molar-refractivity contribution < 1.29 is 24.3 Å². The molecular formula is C30H42N4O5. The molecule has 0 spiro atoms. The van der Waals surface area contributed by atoms with E-state index in [9.17, 15) is 24.3 Å². The largest absolute Gasteiger partial charge is 0.480 e. The van der Waals surface area contributed by atoms with Crippen LogP contribution in [0.5, 0.6) is 0 Å². The summed E-state index contributed by atoms with van der Waals surface area (Å²) in [5.74, 6) is -2.94. The molecule has 6 N–H and O–H groups in total.